The lowest BCUT2D eigenvalue weighted by Crippen LogP contribution is -2.60. The van der Waals surface area contributed by atoms with Gasteiger partial charge in [0.15, 0.2) is 6.29 Å². The molecule has 1 aliphatic rings. The van der Waals surface area contributed by atoms with Crippen LogP contribution in [0.25, 0.3) is 0 Å². The molecule has 8 atom stereocenters. The number of aliphatic hydroxyl groups excluding tert-OH is 6. The number of aliphatic hydroxyl groups is 6. The van der Waals surface area contributed by atoms with Crippen LogP contribution in [-0.4, -0.2) is 98.7 Å². The van der Waals surface area contributed by atoms with Crippen molar-refractivity contribution in [1.82, 2.24) is 5.32 Å². The number of rotatable bonds is 50. The van der Waals surface area contributed by atoms with E-state index >= 15 is 0 Å². The Morgan fingerprint density at radius 3 is 1.28 bits per heavy atom. The molecule has 1 rings (SSSR count). The average Bonchev–Trinajstić information content (AvgIpc) is 3.34. The maximum absolute atomic E-state index is 13.1. The zero-order valence-corrected chi connectivity index (χ0v) is 44.2. The fraction of sp³-hybridized carbons (Fsp3) is 0.914. The highest BCUT2D eigenvalue weighted by Crippen LogP contribution is 2.23. The van der Waals surface area contributed by atoms with Gasteiger partial charge in [0, 0.05) is 0 Å². The van der Waals surface area contributed by atoms with Crippen LogP contribution in [0.1, 0.15) is 277 Å². The molecule has 0 spiro atoms. The van der Waals surface area contributed by atoms with Crippen molar-refractivity contribution in [1.29, 1.82) is 0 Å². The van der Waals surface area contributed by atoms with Crippen molar-refractivity contribution < 1.29 is 44.9 Å². The molecule has 0 aromatic rings. The molecule has 0 aromatic carbocycles. The van der Waals surface area contributed by atoms with Gasteiger partial charge in [-0.15, -0.1) is 0 Å². The smallest absolute Gasteiger partial charge is 0.249 e. The van der Waals surface area contributed by atoms with Crippen LogP contribution in [0.4, 0.5) is 0 Å². The molecule has 0 bridgehead atoms. The van der Waals surface area contributed by atoms with Crippen LogP contribution in [0.5, 0.6) is 0 Å². The maximum Gasteiger partial charge on any atom is 0.249 e. The van der Waals surface area contributed by atoms with Gasteiger partial charge in [0.25, 0.3) is 0 Å². The first-order chi connectivity index (χ1) is 33.3. The van der Waals surface area contributed by atoms with Gasteiger partial charge in [0.05, 0.1) is 25.4 Å². The second-order valence-corrected chi connectivity index (χ2v) is 20.6. The lowest BCUT2D eigenvalue weighted by molar-refractivity contribution is -0.302. The van der Waals surface area contributed by atoms with Crippen molar-refractivity contribution in [3.8, 4) is 0 Å². The largest absolute Gasteiger partial charge is 0.394 e. The maximum atomic E-state index is 13.1. The van der Waals surface area contributed by atoms with Crippen molar-refractivity contribution in [2.24, 2.45) is 0 Å². The van der Waals surface area contributed by atoms with E-state index in [4.69, 9.17) is 9.47 Å². The summed E-state index contributed by atoms with van der Waals surface area (Å²) in [6.07, 6.45) is 50.1. The lowest BCUT2D eigenvalue weighted by atomic mass is 9.99. The molecule has 0 radical (unpaired) electrons. The Bertz CT molecular complexity index is 1140. The minimum Gasteiger partial charge on any atom is -0.394 e. The molecule has 8 unspecified atom stereocenters. The predicted molar refractivity (Wildman–Crippen MR) is 283 cm³/mol. The number of carbonyl (C=O) groups is 1. The van der Waals surface area contributed by atoms with Crippen molar-refractivity contribution in [3.63, 3.8) is 0 Å². The van der Waals surface area contributed by atoms with E-state index in [1.807, 2.05) is 6.08 Å². The number of hydrogen-bond acceptors (Lipinski definition) is 9. The molecule has 0 aliphatic carbocycles. The molecule has 1 aliphatic heterocycles. The predicted octanol–water partition coefficient (Wildman–Crippen LogP) is 13.2. The quantitative estimate of drug-likeness (QED) is 0.0232. The summed E-state index contributed by atoms with van der Waals surface area (Å²) in [5.41, 5.74) is 0. The second kappa shape index (κ2) is 47.9. The Hall–Kier alpha value is -1.37. The number of allylic oxidation sites excluding steroid dienone is 3. The fourth-order valence-electron chi connectivity index (χ4n) is 9.42. The molecule has 0 saturated carbocycles. The third-order valence-corrected chi connectivity index (χ3v) is 14.1. The van der Waals surface area contributed by atoms with E-state index < -0.39 is 61.5 Å². The molecule has 1 fully saturated rings. The van der Waals surface area contributed by atoms with Crippen LogP contribution in [0.2, 0.25) is 0 Å². The molecule has 402 valence electrons. The Labute approximate surface area is 418 Å². The van der Waals surface area contributed by atoms with E-state index in [-0.39, 0.29) is 6.61 Å². The molecule has 10 nitrogen and oxygen atoms in total. The SMILES string of the molecule is CCCCCCCCCC/C=C/CC/C=C/C(O)C(COC1OC(CO)C(O)C(O)C1O)NC(=O)C(O)CCCCCCCCCCCCCCCCCCCCCCCCCCCCCCC. The number of ether oxygens (including phenoxy) is 2. The van der Waals surface area contributed by atoms with Crippen LogP contribution < -0.4 is 5.32 Å². The van der Waals surface area contributed by atoms with Gasteiger partial charge < -0.3 is 45.4 Å². The zero-order chi connectivity index (χ0) is 49.6. The van der Waals surface area contributed by atoms with Crippen LogP contribution in [-0.2, 0) is 14.3 Å². The van der Waals surface area contributed by atoms with Crippen molar-refractivity contribution >= 4 is 5.91 Å². The van der Waals surface area contributed by atoms with Gasteiger partial charge >= 0.3 is 0 Å². The van der Waals surface area contributed by atoms with Gasteiger partial charge in [-0.3, -0.25) is 4.79 Å². The summed E-state index contributed by atoms with van der Waals surface area (Å²) in [6.45, 7) is 3.62. The van der Waals surface area contributed by atoms with E-state index in [9.17, 15) is 35.4 Å². The molecular formula is C58H111NO9. The molecule has 1 amide bonds. The first-order valence-electron chi connectivity index (χ1n) is 29.2. The van der Waals surface area contributed by atoms with E-state index in [1.165, 1.54) is 212 Å². The average molecular weight is 967 g/mol. The van der Waals surface area contributed by atoms with Crippen molar-refractivity contribution in [3.05, 3.63) is 24.3 Å². The van der Waals surface area contributed by atoms with Crippen LogP contribution >= 0.6 is 0 Å². The standard InChI is InChI=1S/C58H111NO9/c1-3-5-7-9-11-13-15-17-19-20-21-22-23-24-25-26-27-28-29-30-31-32-33-35-37-39-41-43-45-47-52(62)57(66)59-50(49-67-58-56(65)55(64)54(63)53(48-60)68-58)51(61)46-44-42-40-38-36-34-18-16-14-12-10-8-6-4-2/h36,38,44,46,50-56,58,60-65H,3-35,37,39-43,45,47-49H2,1-2H3,(H,59,66)/b38-36+,46-44+. The first-order valence-corrected chi connectivity index (χ1v) is 29.2. The second-order valence-electron chi connectivity index (χ2n) is 20.6. The third-order valence-electron chi connectivity index (χ3n) is 14.1. The van der Waals surface area contributed by atoms with Crippen molar-refractivity contribution in [2.75, 3.05) is 13.2 Å². The summed E-state index contributed by atoms with van der Waals surface area (Å²) >= 11 is 0. The molecule has 1 heterocycles. The molecule has 10 heteroatoms. The van der Waals surface area contributed by atoms with E-state index in [2.05, 4.69) is 31.3 Å². The van der Waals surface area contributed by atoms with E-state index in [1.54, 1.807) is 6.08 Å². The van der Waals surface area contributed by atoms with Gasteiger partial charge in [-0.2, -0.15) is 0 Å². The number of unbranched alkanes of at least 4 members (excludes halogenated alkanes) is 37. The van der Waals surface area contributed by atoms with E-state index in [0.29, 0.717) is 12.8 Å². The Morgan fingerprint density at radius 1 is 0.500 bits per heavy atom. The number of amides is 1. The van der Waals surface area contributed by atoms with Gasteiger partial charge in [-0.05, 0) is 32.1 Å². The monoisotopic (exact) mass is 966 g/mol. The van der Waals surface area contributed by atoms with Gasteiger partial charge in [0.2, 0.25) is 5.91 Å². The highest BCUT2D eigenvalue weighted by molar-refractivity contribution is 5.80. The fourth-order valence-corrected chi connectivity index (χ4v) is 9.42. The molecular weight excluding hydrogens is 855 g/mol. The normalized spacial score (nSPS) is 20.1. The molecule has 1 saturated heterocycles. The summed E-state index contributed by atoms with van der Waals surface area (Å²) in [4.78, 5) is 13.1. The Balaban J connectivity index is 2.19. The molecule has 68 heavy (non-hydrogen) atoms. The minimum atomic E-state index is -1.61. The third kappa shape index (κ3) is 36.5. The number of nitrogens with one attached hydrogen (secondary N) is 1. The minimum absolute atomic E-state index is 0.308. The van der Waals surface area contributed by atoms with Gasteiger partial charge in [0.1, 0.15) is 30.5 Å². The topological polar surface area (TPSA) is 169 Å². The van der Waals surface area contributed by atoms with Crippen LogP contribution in [0.3, 0.4) is 0 Å². The van der Waals surface area contributed by atoms with Crippen LogP contribution in [0, 0.1) is 0 Å². The summed E-state index contributed by atoms with van der Waals surface area (Å²) in [5, 5.41) is 64.9. The number of hydrogen-bond donors (Lipinski definition) is 7. The number of carbonyl (C=O) groups excluding carboxylic acids is 1. The molecule has 7 N–H and O–H groups in total. The van der Waals surface area contributed by atoms with Gasteiger partial charge in [-0.1, -0.05) is 269 Å². The molecule has 0 aromatic heterocycles. The Morgan fingerprint density at radius 2 is 0.868 bits per heavy atom. The Kier molecular flexibility index (Phi) is 45.6. The summed E-state index contributed by atoms with van der Waals surface area (Å²) < 4.78 is 11.2. The highest BCUT2D eigenvalue weighted by atomic mass is 16.7. The van der Waals surface area contributed by atoms with Crippen LogP contribution in [0.15, 0.2) is 24.3 Å². The summed E-state index contributed by atoms with van der Waals surface area (Å²) in [6, 6.07) is -0.994. The lowest BCUT2D eigenvalue weighted by Gasteiger charge is -2.40. The van der Waals surface area contributed by atoms with E-state index in [0.717, 1.165) is 38.5 Å². The van der Waals surface area contributed by atoms with Crippen molar-refractivity contribution in [2.45, 2.75) is 326 Å². The first kappa shape index (κ1) is 64.6. The zero-order valence-electron chi connectivity index (χ0n) is 44.2. The summed E-state index contributed by atoms with van der Waals surface area (Å²) in [5.74, 6) is -0.621. The highest BCUT2D eigenvalue weighted by Gasteiger charge is 2.44. The summed E-state index contributed by atoms with van der Waals surface area (Å²) in [7, 11) is 0. The van der Waals surface area contributed by atoms with Gasteiger partial charge in [-0.25, -0.2) is 0 Å².